The Morgan fingerprint density at radius 3 is 2.62 bits per heavy atom. The minimum atomic E-state index is 0.971. The molecule has 2 rings (SSSR count). The molecule has 4 heteroatoms. The van der Waals surface area contributed by atoms with Crippen LogP contribution in [0.25, 0.3) is 0 Å². The minimum Gasteiger partial charge on any atom is -0.353 e. The van der Waals surface area contributed by atoms with Crippen LogP contribution in [0.1, 0.15) is 5.69 Å². The normalized spacial score (nSPS) is 17.5. The molecule has 1 N–H and O–H groups in total. The summed E-state index contributed by atoms with van der Waals surface area (Å²) in [4.78, 5) is 2.25. The van der Waals surface area contributed by atoms with Crippen molar-refractivity contribution in [2.45, 2.75) is 6.92 Å². The molecule has 2 heterocycles. The van der Waals surface area contributed by atoms with Crippen molar-refractivity contribution < 1.29 is 0 Å². The summed E-state index contributed by atoms with van der Waals surface area (Å²) >= 11 is 0. The van der Waals surface area contributed by atoms with Gasteiger partial charge >= 0.3 is 0 Å². The summed E-state index contributed by atoms with van der Waals surface area (Å²) in [6.45, 7) is 6.08. The van der Waals surface area contributed by atoms with E-state index in [1.807, 2.05) is 19.1 Å². The van der Waals surface area contributed by atoms with Crippen LogP contribution in [0.2, 0.25) is 0 Å². The van der Waals surface area contributed by atoms with Crippen molar-refractivity contribution in [1.29, 1.82) is 0 Å². The molecule has 13 heavy (non-hydrogen) atoms. The van der Waals surface area contributed by atoms with Crippen molar-refractivity contribution in [3.8, 4) is 0 Å². The van der Waals surface area contributed by atoms with Crippen molar-refractivity contribution in [1.82, 2.24) is 15.5 Å². The summed E-state index contributed by atoms with van der Waals surface area (Å²) in [6.07, 6.45) is 0. The highest BCUT2D eigenvalue weighted by Crippen LogP contribution is 2.09. The molecular formula is C9H14N4. The van der Waals surface area contributed by atoms with Gasteiger partial charge < -0.3 is 10.2 Å². The molecule has 1 saturated heterocycles. The lowest BCUT2D eigenvalue weighted by atomic mass is 10.3. The smallest absolute Gasteiger partial charge is 0.151 e. The predicted octanol–water partition coefficient (Wildman–Crippen LogP) is 0.195. The van der Waals surface area contributed by atoms with E-state index in [9.17, 15) is 0 Å². The van der Waals surface area contributed by atoms with Gasteiger partial charge in [0.25, 0.3) is 0 Å². The Hall–Kier alpha value is -1.16. The Morgan fingerprint density at radius 2 is 2.00 bits per heavy atom. The largest absolute Gasteiger partial charge is 0.353 e. The number of piperazine rings is 1. The average Bonchev–Trinajstić information content (AvgIpc) is 2.20. The molecule has 1 aliphatic rings. The molecule has 0 aliphatic carbocycles. The van der Waals surface area contributed by atoms with Crippen molar-refractivity contribution in [2.24, 2.45) is 0 Å². The number of hydrogen-bond acceptors (Lipinski definition) is 4. The maximum absolute atomic E-state index is 4.15. The monoisotopic (exact) mass is 178 g/mol. The second-order valence-corrected chi connectivity index (χ2v) is 3.27. The van der Waals surface area contributed by atoms with Crippen molar-refractivity contribution >= 4 is 5.82 Å². The molecule has 0 spiro atoms. The molecule has 0 saturated carbocycles. The highest BCUT2D eigenvalue weighted by Gasteiger charge is 2.10. The Morgan fingerprint density at radius 1 is 1.23 bits per heavy atom. The van der Waals surface area contributed by atoms with Gasteiger partial charge in [0.05, 0.1) is 5.69 Å². The van der Waals surface area contributed by atoms with Crippen LogP contribution in [0.4, 0.5) is 5.82 Å². The molecule has 4 nitrogen and oxygen atoms in total. The lowest BCUT2D eigenvalue weighted by Gasteiger charge is -2.27. The molecule has 0 unspecified atom stereocenters. The lowest BCUT2D eigenvalue weighted by Crippen LogP contribution is -2.43. The highest BCUT2D eigenvalue weighted by molar-refractivity contribution is 5.37. The summed E-state index contributed by atoms with van der Waals surface area (Å²) in [5.74, 6) is 0.993. The Labute approximate surface area is 78.0 Å². The van der Waals surface area contributed by atoms with E-state index in [2.05, 4.69) is 20.4 Å². The maximum atomic E-state index is 4.15. The minimum absolute atomic E-state index is 0.971. The van der Waals surface area contributed by atoms with E-state index in [-0.39, 0.29) is 0 Å². The first-order valence-corrected chi connectivity index (χ1v) is 4.62. The van der Waals surface area contributed by atoms with Crippen LogP contribution in [-0.2, 0) is 0 Å². The number of nitrogens with zero attached hydrogens (tertiary/aromatic N) is 3. The van der Waals surface area contributed by atoms with Crippen LogP contribution in [0.5, 0.6) is 0 Å². The first kappa shape index (κ1) is 8.44. The summed E-state index contributed by atoms with van der Waals surface area (Å²) in [5, 5.41) is 11.5. The van der Waals surface area contributed by atoms with E-state index in [0.29, 0.717) is 0 Å². The Kier molecular flexibility index (Phi) is 2.40. The zero-order valence-electron chi connectivity index (χ0n) is 7.82. The van der Waals surface area contributed by atoms with E-state index >= 15 is 0 Å². The average molecular weight is 178 g/mol. The third-order valence-corrected chi connectivity index (χ3v) is 2.22. The fourth-order valence-electron chi connectivity index (χ4n) is 1.45. The molecule has 1 aromatic rings. The summed E-state index contributed by atoms with van der Waals surface area (Å²) in [6, 6.07) is 4.04. The maximum Gasteiger partial charge on any atom is 0.151 e. The third-order valence-electron chi connectivity index (χ3n) is 2.22. The topological polar surface area (TPSA) is 41.0 Å². The van der Waals surface area contributed by atoms with Gasteiger partial charge in [-0.05, 0) is 19.1 Å². The van der Waals surface area contributed by atoms with Gasteiger partial charge in [0.2, 0.25) is 0 Å². The van der Waals surface area contributed by atoms with Gasteiger partial charge in [-0.1, -0.05) is 0 Å². The second-order valence-electron chi connectivity index (χ2n) is 3.27. The number of rotatable bonds is 1. The molecule has 70 valence electrons. The van der Waals surface area contributed by atoms with Gasteiger partial charge in [0, 0.05) is 26.2 Å². The van der Waals surface area contributed by atoms with E-state index < -0.39 is 0 Å². The summed E-state index contributed by atoms with van der Waals surface area (Å²) in [7, 11) is 0. The number of anilines is 1. The molecule has 0 amide bonds. The third kappa shape index (κ3) is 1.95. The van der Waals surface area contributed by atoms with Crippen LogP contribution < -0.4 is 10.2 Å². The van der Waals surface area contributed by atoms with Crippen molar-refractivity contribution in [2.75, 3.05) is 31.1 Å². The fraction of sp³-hybridized carbons (Fsp3) is 0.556. The van der Waals surface area contributed by atoms with E-state index in [1.54, 1.807) is 0 Å². The van der Waals surface area contributed by atoms with E-state index in [1.165, 1.54) is 0 Å². The Balaban J connectivity index is 2.10. The van der Waals surface area contributed by atoms with E-state index in [0.717, 1.165) is 37.7 Å². The van der Waals surface area contributed by atoms with Crippen LogP contribution in [-0.4, -0.2) is 36.4 Å². The number of hydrogen-bond donors (Lipinski definition) is 1. The molecule has 0 aromatic carbocycles. The van der Waals surface area contributed by atoms with Gasteiger partial charge in [-0.3, -0.25) is 0 Å². The van der Waals surface area contributed by atoms with E-state index in [4.69, 9.17) is 0 Å². The molecule has 0 radical (unpaired) electrons. The molecule has 1 aromatic heterocycles. The number of aryl methyl sites for hydroxylation is 1. The van der Waals surface area contributed by atoms with Gasteiger partial charge in [-0.15, -0.1) is 5.10 Å². The zero-order valence-corrected chi connectivity index (χ0v) is 7.82. The SMILES string of the molecule is Cc1ccc(N2CCNCC2)nn1. The first-order chi connectivity index (χ1) is 6.36. The lowest BCUT2D eigenvalue weighted by molar-refractivity contribution is 0.582. The molecule has 1 fully saturated rings. The zero-order chi connectivity index (χ0) is 9.10. The number of aromatic nitrogens is 2. The Bertz CT molecular complexity index is 263. The van der Waals surface area contributed by atoms with Gasteiger partial charge in [-0.2, -0.15) is 5.10 Å². The summed E-state index contributed by atoms with van der Waals surface area (Å²) in [5.41, 5.74) is 0.971. The second kappa shape index (κ2) is 3.70. The molecule has 0 bridgehead atoms. The first-order valence-electron chi connectivity index (χ1n) is 4.62. The fourth-order valence-corrected chi connectivity index (χ4v) is 1.45. The van der Waals surface area contributed by atoms with Crippen LogP contribution >= 0.6 is 0 Å². The molecule has 1 aliphatic heterocycles. The standard InChI is InChI=1S/C9H14N4/c1-8-2-3-9(12-11-8)13-6-4-10-5-7-13/h2-3,10H,4-7H2,1H3. The van der Waals surface area contributed by atoms with Crippen LogP contribution in [0.15, 0.2) is 12.1 Å². The molecular weight excluding hydrogens is 164 g/mol. The summed E-state index contributed by atoms with van der Waals surface area (Å²) < 4.78 is 0. The van der Waals surface area contributed by atoms with Gasteiger partial charge in [0.15, 0.2) is 5.82 Å². The predicted molar refractivity (Wildman–Crippen MR) is 51.9 cm³/mol. The highest BCUT2D eigenvalue weighted by atomic mass is 15.3. The van der Waals surface area contributed by atoms with Crippen LogP contribution in [0.3, 0.4) is 0 Å². The van der Waals surface area contributed by atoms with Crippen molar-refractivity contribution in [3.05, 3.63) is 17.8 Å². The quantitative estimate of drug-likeness (QED) is 0.666. The molecule has 0 atom stereocenters. The van der Waals surface area contributed by atoms with Crippen molar-refractivity contribution in [3.63, 3.8) is 0 Å². The van der Waals surface area contributed by atoms with Gasteiger partial charge in [0.1, 0.15) is 0 Å². The van der Waals surface area contributed by atoms with Crippen LogP contribution in [0, 0.1) is 6.92 Å². The van der Waals surface area contributed by atoms with Gasteiger partial charge in [-0.25, -0.2) is 0 Å². The number of nitrogens with one attached hydrogen (secondary N) is 1.